The van der Waals surface area contributed by atoms with Gasteiger partial charge in [-0.1, -0.05) is 6.08 Å². The molecule has 0 amide bonds. The van der Waals surface area contributed by atoms with E-state index < -0.39 is 0 Å². The Balaban J connectivity index is 0.00000288. The summed E-state index contributed by atoms with van der Waals surface area (Å²) in [6.45, 7) is 8.28. The van der Waals surface area contributed by atoms with E-state index in [-0.39, 0.29) is 29.8 Å². The first-order valence-corrected chi connectivity index (χ1v) is 9.05. The van der Waals surface area contributed by atoms with E-state index in [1.807, 2.05) is 37.0 Å². The second-order valence-electron chi connectivity index (χ2n) is 5.29. The predicted octanol–water partition coefficient (Wildman–Crippen LogP) is 3.06. The van der Waals surface area contributed by atoms with Gasteiger partial charge in [-0.2, -0.15) is 11.8 Å². The highest BCUT2D eigenvalue weighted by atomic mass is 127. The number of benzene rings is 1. The molecule has 0 bridgehead atoms. The average molecular weight is 464 g/mol. The zero-order chi connectivity index (χ0) is 16.5. The van der Waals surface area contributed by atoms with Crippen molar-refractivity contribution in [2.75, 3.05) is 56.2 Å². The Morgan fingerprint density at radius 1 is 1.29 bits per heavy atom. The van der Waals surface area contributed by atoms with Crippen molar-refractivity contribution < 1.29 is 4.39 Å². The SMILES string of the molecule is C=CCSCCNC(=NC)N1CCN(c2ccc(F)cc2)CC1.I. The van der Waals surface area contributed by atoms with Gasteiger partial charge in [0.2, 0.25) is 0 Å². The summed E-state index contributed by atoms with van der Waals surface area (Å²) in [6, 6.07) is 6.72. The summed E-state index contributed by atoms with van der Waals surface area (Å²) in [6.07, 6.45) is 1.92. The van der Waals surface area contributed by atoms with E-state index in [2.05, 4.69) is 26.7 Å². The Labute approximate surface area is 165 Å². The molecule has 7 heteroatoms. The molecule has 24 heavy (non-hydrogen) atoms. The van der Waals surface area contributed by atoms with Gasteiger partial charge in [0.15, 0.2) is 5.96 Å². The molecule has 1 N–H and O–H groups in total. The van der Waals surface area contributed by atoms with Crippen LogP contribution in [-0.4, -0.2) is 62.1 Å². The van der Waals surface area contributed by atoms with Gasteiger partial charge < -0.3 is 15.1 Å². The van der Waals surface area contributed by atoms with Gasteiger partial charge in [0.25, 0.3) is 0 Å². The predicted molar refractivity (Wildman–Crippen MR) is 114 cm³/mol. The van der Waals surface area contributed by atoms with Crippen molar-refractivity contribution in [2.24, 2.45) is 4.99 Å². The summed E-state index contributed by atoms with van der Waals surface area (Å²) in [5.41, 5.74) is 1.08. The smallest absolute Gasteiger partial charge is 0.193 e. The summed E-state index contributed by atoms with van der Waals surface area (Å²) in [5.74, 6) is 2.80. The lowest BCUT2D eigenvalue weighted by molar-refractivity contribution is 0.373. The lowest BCUT2D eigenvalue weighted by Gasteiger charge is -2.37. The molecule has 1 aromatic carbocycles. The van der Waals surface area contributed by atoms with E-state index in [9.17, 15) is 4.39 Å². The second-order valence-corrected chi connectivity index (χ2v) is 6.44. The Morgan fingerprint density at radius 3 is 2.54 bits per heavy atom. The van der Waals surface area contributed by atoms with E-state index in [1.165, 1.54) is 12.1 Å². The highest BCUT2D eigenvalue weighted by Crippen LogP contribution is 2.16. The van der Waals surface area contributed by atoms with Crippen LogP contribution in [-0.2, 0) is 0 Å². The lowest BCUT2D eigenvalue weighted by atomic mass is 10.2. The molecule has 1 aromatic rings. The minimum absolute atomic E-state index is 0. The molecule has 134 valence electrons. The highest BCUT2D eigenvalue weighted by molar-refractivity contribution is 14.0. The molecule has 1 aliphatic rings. The number of halogens is 2. The van der Waals surface area contributed by atoms with Crippen molar-refractivity contribution in [1.29, 1.82) is 0 Å². The molecule has 0 aromatic heterocycles. The monoisotopic (exact) mass is 464 g/mol. The number of rotatable bonds is 6. The van der Waals surface area contributed by atoms with E-state index >= 15 is 0 Å². The van der Waals surface area contributed by atoms with Crippen LogP contribution in [0.3, 0.4) is 0 Å². The maximum Gasteiger partial charge on any atom is 0.193 e. The molecular weight excluding hydrogens is 438 g/mol. The second kappa shape index (κ2) is 11.6. The number of nitrogens with zero attached hydrogens (tertiary/aromatic N) is 3. The molecule has 1 saturated heterocycles. The molecule has 1 fully saturated rings. The molecule has 0 aliphatic carbocycles. The van der Waals surface area contributed by atoms with E-state index in [0.29, 0.717) is 0 Å². The fourth-order valence-electron chi connectivity index (χ4n) is 2.56. The molecule has 0 unspecified atom stereocenters. The highest BCUT2D eigenvalue weighted by Gasteiger charge is 2.19. The van der Waals surface area contributed by atoms with Crippen LogP contribution in [0.1, 0.15) is 0 Å². The summed E-state index contributed by atoms with van der Waals surface area (Å²) in [7, 11) is 1.82. The largest absolute Gasteiger partial charge is 0.368 e. The number of aliphatic imine (C=N–C) groups is 1. The molecule has 0 atom stereocenters. The molecule has 2 rings (SSSR count). The first-order valence-electron chi connectivity index (χ1n) is 7.89. The van der Waals surface area contributed by atoms with Crippen LogP contribution in [0.25, 0.3) is 0 Å². The van der Waals surface area contributed by atoms with Crippen molar-refractivity contribution >= 4 is 47.4 Å². The van der Waals surface area contributed by atoms with Crippen LogP contribution in [0.4, 0.5) is 10.1 Å². The minimum Gasteiger partial charge on any atom is -0.368 e. The first kappa shape index (κ1) is 21.1. The number of thioether (sulfide) groups is 1. The van der Waals surface area contributed by atoms with Crippen LogP contribution < -0.4 is 10.2 Å². The molecule has 0 radical (unpaired) electrons. The Bertz CT molecular complexity index is 516. The van der Waals surface area contributed by atoms with Crippen LogP contribution in [0, 0.1) is 5.82 Å². The third-order valence-electron chi connectivity index (χ3n) is 3.75. The van der Waals surface area contributed by atoms with E-state index in [0.717, 1.165) is 55.9 Å². The van der Waals surface area contributed by atoms with Crippen molar-refractivity contribution in [3.8, 4) is 0 Å². The van der Waals surface area contributed by atoms with E-state index in [1.54, 1.807) is 0 Å². The van der Waals surface area contributed by atoms with E-state index in [4.69, 9.17) is 0 Å². The van der Waals surface area contributed by atoms with Crippen LogP contribution in [0.15, 0.2) is 41.9 Å². The van der Waals surface area contributed by atoms with Crippen molar-refractivity contribution in [1.82, 2.24) is 10.2 Å². The number of piperazine rings is 1. The molecule has 1 heterocycles. The Hall–Kier alpha value is -0.960. The van der Waals surface area contributed by atoms with Crippen molar-refractivity contribution in [3.05, 3.63) is 42.7 Å². The summed E-state index contributed by atoms with van der Waals surface area (Å²) >= 11 is 1.86. The zero-order valence-corrected chi connectivity index (χ0v) is 17.2. The van der Waals surface area contributed by atoms with Gasteiger partial charge in [-0.15, -0.1) is 30.6 Å². The third kappa shape index (κ3) is 6.51. The van der Waals surface area contributed by atoms with Gasteiger partial charge >= 0.3 is 0 Å². The normalized spacial score (nSPS) is 15.0. The van der Waals surface area contributed by atoms with Gasteiger partial charge in [-0.3, -0.25) is 4.99 Å². The minimum atomic E-state index is -0.189. The average Bonchev–Trinajstić information content (AvgIpc) is 2.59. The molecule has 4 nitrogen and oxygen atoms in total. The number of guanidine groups is 1. The topological polar surface area (TPSA) is 30.9 Å². The lowest BCUT2D eigenvalue weighted by Crippen LogP contribution is -2.52. The zero-order valence-electron chi connectivity index (χ0n) is 14.1. The number of hydrogen-bond acceptors (Lipinski definition) is 3. The van der Waals surface area contributed by atoms with Crippen molar-refractivity contribution in [2.45, 2.75) is 0 Å². The third-order valence-corrected chi connectivity index (χ3v) is 4.71. The van der Waals surface area contributed by atoms with Gasteiger partial charge in [0, 0.05) is 57.0 Å². The molecular formula is C17H26FIN4S. The fourth-order valence-corrected chi connectivity index (χ4v) is 3.14. The van der Waals surface area contributed by atoms with Crippen LogP contribution >= 0.6 is 35.7 Å². The summed E-state index contributed by atoms with van der Waals surface area (Å²) in [4.78, 5) is 8.93. The summed E-state index contributed by atoms with van der Waals surface area (Å²) < 4.78 is 13.0. The fraction of sp³-hybridized carbons (Fsp3) is 0.471. The Kier molecular flexibility index (Phi) is 10.2. The van der Waals surface area contributed by atoms with Crippen LogP contribution in [0.2, 0.25) is 0 Å². The molecule has 1 aliphatic heterocycles. The maximum absolute atomic E-state index is 13.0. The first-order chi connectivity index (χ1) is 11.2. The number of anilines is 1. The quantitative estimate of drug-likeness (QED) is 0.231. The van der Waals surface area contributed by atoms with Crippen LogP contribution in [0.5, 0.6) is 0 Å². The maximum atomic E-state index is 13.0. The van der Waals surface area contributed by atoms with Gasteiger partial charge in [-0.25, -0.2) is 4.39 Å². The van der Waals surface area contributed by atoms with Gasteiger partial charge in [-0.05, 0) is 24.3 Å². The summed E-state index contributed by atoms with van der Waals surface area (Å²) in [5, 5.41) is 3.41. The number of nitrogens with one attached hydrogen (secondary N) is 1. The molecule has 0 saturated carbocycles. The number of hydrogen-bond donors (Lipinski definition) is 1. The van der Waals surface area contributed by atoms with Gasteiger partial charge in [0.1, 0.15) is 5.82 Å². The standard InChI is InChI=1S/C17H25FN4S.HI/c1-3-13-23-14-8-20-17(19-2)22-11-9-21(10-12-22)16-6-4-15(18)5-7-16;/h3-7H,1,8-14H2,2H3,(H,19,20);1H. The van der Waals surface area contributed by atoms with Crippen molar-refractivity contribution in [3.63, 3.8) is 0 Å². The molecule has 0 spiro atoms. The van der Waals surface area contributed by atoms with Gasteiger partial charge in [0.05, 0.1) is 0 Å². The Morgan fingerprint density at radius 2 is 1.96 bits per heavy atom.